The van der Waals surface area contributed by atoms with Gasteiger partial charge in [0.05, 0.1) is 18.1 Å². The molecule has 1 aromatic carbocycles. The van der Waals surface area contributed by atoms with E-state index in [2.05, 4.69) is 9.97 Å². The molecule has 0 spiro atoms. The summed E-state index contributed by atoms with van der Waals surface area (Å²) in [4.78, 5) is 43.9. The van der Waals surface area contributed by atoms with Gasteiger partial charge in [0.25, 0.3) is 5.56 Å². The van der Waals surface area contributed by atoms with Crippen molar-refractivity contribution in [2.24, 2.45) is 7.05 Å². The van der Waals surface area contributed by atoms with Crippen LogP contribution < -0.4 is 16.0 Å². The Hall–Kier alpha value is -3.23. The van der Waals surface area contributed by atoms with Crippen molar-refractivity contribution >= 4 is 17.0 Å². The quantitative estimate of drug-likeness (QED) is 0.454. The van der Waals surface area contributed by atoms with Crippen molar-refractivity contribution in [3.05, 3.63) is 38.5 Å². The topological polar surface area (TPSA) is 116 Å². The molecule has 0 amide bonds. The lowest BCUT2D eigenvalue weighted by molar-refractivity contribution is -0.137. The van der Waals surface area contributed by atoms with E-state index in [1.165, 1.54) is 7.05 Å². The Morgan fingerprint density at radius 1 is 1.14 bits per heavy atom. The molecule has 0 atom stereocenters. The Bertz CT molecular complexity index is 1150. The van der Waals surface area contributed by atoms with Crippen LogP contribution in [-0.4, -0.2) is 37.3 Å². The normalized spacial score (nSPS) is 11.3. The van der Waals surface area contributed by atoms with Gasteiger partial charge in [-0.15, -0.1) is 0 Å². The first-order valence-corrected chi connectivity index (χ1v) is 9.51. The third-order valence-electron chi connectivity index (χ3n) is 5.00. The number of hydrogen-bond acceptors (Lipinski definition) is 6. The number of nitrogens with zero attached hydrogens (tertiary/aromatic N) is 4. The Morgan fingerprint density at radius 2 is 1.86 bits per heavy atom. The van der Waals surface area contributed by atoms with Crippen LogP contribution in [0, 0.1) is 6.92 Å². The van der Waals surface area contributed by atoms with E-state index in [0.29, 0.717) is 24.2 Å². The number of carbonyl (C=O) groups is 1. The molecule has 0 aliphatic carbocycles. The lowest BCUT2D eigenvalue weighted by atomic mass is 10.1. The molecule has 0 fully saturated rings. The van der Waals surface area contributed by atoms with E-state index in [9.17, 15) is 14.4 Å². The molecule has 2 aliphatic rings. The van der Waals surface area contributed by atoms with E-state index in [4.69, 9.17) is 9.84 Å². The van der Waals surface area contributed by atoms with E-state index in [0.717, 1.165) is 34.9 Å². The number of carboxylic acids is 1. The summed E-state index contributed by atoms with van der Waals surface area (Å²) in [6.45, 7) is 2.42. The zero-order valence-corrected chi connectivity index (χ0v) is 16.8. The molecule has 0 radical (unpaired) electrons. The monoisotopic (exact) mass is 400 g/mol. The van der Waals surface area contributed by atoms with Crippen molar-refractivity contribution < 1.29 is 14.6 Å². The number of hydrogen-bond donors (Lipinski definition) is 1. The second-order valence-electron chi connectivity index (χ2n) is 7.06. The van der Waals surface area contributed by atoms with Gasteiger partial charge in [-0.25, -0.2) is 9.78 Å². The summed E-state index contributed by atoms with van der Waals surface area (Å²) in [7, 11) is 2.97. The number of ether oxygens (including phenoxy) is 1. The molecule has 2 aliphatic heterocycles. The highest BCUT2D eigenvalue weighted by atomic mass is 16.5. The molecule has 9 nitrogen and oxygen atoms in total. The number of benzene rings is 1. The van der Waals surface area contributed by atoms with E-state index in [-0.39, 0.29) is 17.9 Å². The van der Waals surface area contributed by atoms with Gasteiger partial charge in [-0.05, 0) is 31.4 Å². The van der Waals surface area contributed by atoms with Crippen LogP contribution >= 0.6 is 0 Å². The Kier molecular flexibility index (Phi) is 5.95. The molecule has 9 heteroatoms. The van der Waals surface area contributed by atoms with Gasteiger partial charge in [0.2, 0.25) is 0 Å². The zero-order valence-electron chi connectivity index (χ0n) is 16.8. The van der Waals surface area contributed by atoms with Crippen LogP contribution in [0.3, 0.4) is 0 Å². The van der Waals surface area contributed by atoms with E-state index < -0.39 is 17.2 Å². The maximum absolute atomic E-state index is 12.6. The first-order chi connectivity index (χ1) is 13.8. The van der Waals surface area contributed by atoms with Crippen LogP contribution in [0.2, 0.25) is 0 Å². The summed E-state index contributed by atoms with van der Waals surface area (Å²) in [6.07, 6.45) is 3.14. The minimum atomic E-state index is -0.795. The van der Waals surface area contributed by atoms with Crippen molar-refractivity contribution in [2.75, 3.05) is 7.11 Å². The van der Waals surface area contributed by atoms with Crippen molar-refractivity contribution in [3.63, 3.8) is 0 Å². The lowest BCUT2D eigenvalue weighted by Crippen LogP contribution is -2.36. The molecule has 3 rings (SSSR count). The maximum atomic E-state index is 12.6. The number of aromatic nitrogens is 4. The maximum Gasteiger partial charge on any atom is 0.352 e. The number of unbranched alkanes of at least 4 members (excludes halogenated alkanes) is 3. The van der Waals surface area contributed by atoms with E-state index in [1.54, 1.807) is 7.11 Å². The molecule has 2 heterocycles. The van der Waals surface area contributed by atoms with Crippen LogP contribution in [0.25, 0.3) is 22.6 Å². The molecule has 1 N–H and O–H groups in total. The standard InChI is InChI=1S/C20H24N4O5/c1-12-10-13-14(11-15(12)29-3)24(9-7-5-4-6-8-16(25)26)18-17(21-13)19(27)23(2)20(28)22-18/h10-11H,4-9H2,1-3H3,(H,25,26). The summed E-state index contributed by atoms with van der Waals surface area (Å²) >= 11 is 0. The molecule has 0 aromatic heterocycles. The van der Waals surface area contributed by atoms with Gasteiger partial charge in [0.15, 0.2) is 11.5 Å². The molecular weight excluding hydrogens is 376 g/mol. The number of fused-ring (bicyclic) bond motifs is 2. The van der Waals surface area contributed by atoms with Crippen molar-refractivity contribution in [1.29, 1.82) is 0 Å². The summed E-state index contributed by atoms with van der Waals surface area (Å²) < 4.78 is 8.21. The Morgan fingerprint density at radius 3 is 2.55 bits per heavy atom. The number of methoxy groups -OCH3 is 1. The summed E-state index contributed by atoms with van der Waals surface area (Å²) in [5.41, 5.74) is 1.28. The van der Waals surface area contributed by atoms with Crippen LogP contribution in [0.4, 0.5) is 0 Å². The van der Waals surface area contributed by atoms with E-state index >= 15 is 0 Å². The largest absolute Gasteiger partial charge is 0.496 e. The minimum Gasteiger partial charge on any atom is -0.496 e. The third-order valence-corrected chi connectivity index (χ3v) is 5.00. The highest BCUT2D eigenvalue weighted by Gasteiger charge is 2.21. The van der Waals surface area contributed by atoms with Gasteiger partial charge < -0.3 is 14.4 Å². The number of aryl methyl sites for hydroxylation is 2. The molecular formula is C20H24N4O5. The van der Waals surface area contributed by atoms with Crippen molar-refractivity contribution in [1.82, 2.24) is 19.1 Å². The van der Waals surface area contributed by atoms with Gasteiger partial charge >= 0.3 is 11.7 Å². The number of aliphatic carboxylic acids is 1. The fourth-order valence-electron chi connectivity index (χ4n) is 3.39. The highest BCUT2D eigenvalue weighted by molar-refractivity contribution is 5.82. The average Bonchev–Trinajstić information content (AvgIpc) is 2.68. The van der Waals surface area contributed by atoms with Gasteiger partial charge in [0, 0.05) is 26.1 Å². The lowest BCUT2D eigenvalue weighted by Gasteiger charge is -2.18. The predicted molar refractivity (Wildman–Crippen MR) is 108 cm³/mol. The van der Waals surface area contributed by atoms with Crippen LogP contribution in [0.5, 0.6) is 5.75 Å². The Labute approximate surface area is 166 Å². The number of rotatable bonds is 8. The summed E-state index contributed by atoms with van der Waals surface area (Å²) in [5.74, 6) is 0.137. The van der Waals surface area contributed by atoms with Crippen LogP contribution in [0.1, 0.15) is 37.7 Å². The smallest absolute Gasteiger partial charge is 0.352 e. The van der Waals surface area contributed by atoms with Gasteiger partial charge in [-0.3, -0.25) is 14.2 Å². The highest BCUT2D eigenvalue weighted by Crippen LogP contribution is 2.28. The summed E-state index contributed by atoms with van der Waals surface area (Å²) in [5, 5.41) is 8.74. The molecule has 0 bridgehead atoms. The average molecular weight is 400 g/mol. The third kappa shape index (κ3) is 4.13. The molecule has 29 heavy (non-hydrogen) atoms. The molecule has 154 valence electrons. The minimum absolute atomic E-state index is 0.148. The summed E-state index contributed by atoms with van der Waals surface area (Å²) in [6, 6.07) is 3.69. The van der Waals surface area contributed by atoms with Crippen LogP contribution in [0.15, 0.2) is 21.7 Å². The molecule has 0 unspecified atom stereocenters. The van der Waals surface area contributed by atoms with Crippen molar-refractivity contribution in [3.8, 4) is 17.3 Å². The first-order valence-electron chi connectivity index (χ1n) is 9.51. The number of carboxylic acid groups (broad SMARTS) is 1. The second kappa shape index (κ2) is 8.42. The van der Waals surface area contributed by atoms with E-state index in [1.807, 2.05) is 23.6 Å². The predicted octanol–water partition coefficient (Wildman–Crippen LogP) is 1.95. The second-order valence-corrected chi connectivity index (χ2v) is 7.06. The molecule has 0 saturated heterocycles. The van der Waals surface area contributed by atoms with Gasteiger partial charge in [-0.1, -0.05) is 12.8 Å². The fourth-order valence-corrected chi connectivity index (χ4v) is 3.39. The van der Waals surface area contributed by atoms with Gasteiger partial charge in [0.1, 0.15) is 5.75 Å². The van der Waals surface area contributed by atoms with Crippen molar-refractivity contribution in [2.45, 2.75) is 45.6 Å². The van der Waals surface area contributed by atoms with Gasteiger partial charge in [-0.2, -0.15) is 4.98 Å². The molecule has 0 saturated carbocycles. The molecule has 1 aromatic rings. The Balaban J connectivity index is 2.06. The fraction of sp³-hybridized carbons (Fsp3) is 0.450. The SMILES string of the molecule is COc1cc2c(cc1C)nc1c(=O)n(C)c(=O)nc-1n2CCCCCCC(=O)O. The first kappa shape index (κ1) is 20.5. The van der Waals surface area contributed by atoms with Crippen LogP contribution in [-0.2, 0) is 18.4 Å². The zero-order chi connectivity index (χ0) is 21.1.